The summed E-state index contributed by atoms with van der Waals surface area (Å²) in [4.78, 5) is 18.0. The van der Waals surface area contributed by atoms with Crippen LogP contribution in [0.4, 0.5) is 0 Å². The molecule has 0 aliphatic carbocycles. The van der Waals surface area contributed by atoms with Crippen molar-refractivity contribution in [1.29, 1.82) is 0 Å². The third-order valence-corrected chi connectivity index (χ3v) is 4.91. The summed E-state index contributed by atoms with van der Waals surface area (Å²) >= 11 is 0. The standard InChI is InChI=1S/C20H24N2O5/c1-25-16-10-14(11-17(26-2)19(16)27-3)18(13-6-4-8-21-12-13)22-9-5-7-15(22)20(23)24/h4,6,8,10-12,15,18H,5,7,9H2,1-3H3,(H,23,24). The second-order valence-corrected chi connectivity index (χ2v) is 6.38. The maximum absolute atomic E-state index is 11.8. The third kappa shape index (κ3) is 3.68. The molecule has 2 aromatic rings. The molecule has 2 heterocycles. The molecule has 2 atom stereocenters. The smallest absolute Gasteiger partial charge is 0.320 e. The predicted octanol–water partition coefficient (Wildman–Crippen LogP) is 2.75. The Morgan fingerprint density at radius 3 is 2.41 bits per heavy atom. The number of hydrogen-bond donors (Lipinski definition) is 1. The van der Waals surface area contributed by atoms with Crippen LogP contribution in [0.1, 0.15) is 30.0 Å². The first-order valence-corrected chi connectivity index (χ1v) is 8.79. The number of aliphatic carboxylic acids is 1. The number of benzene rings is 1. The zero-order valence-electron chi connectivity index (χ0n) is 15.7. The van der Waals surface area contributed by atoms with Gasteiger partial charge in [0, 0.05) is 18.9 Å². The molecule has 27 heavy (non-hydrogen) atoms. The lowest BCUT2D eigenvalue weighted by Crippen LogP contribution is -2.39. The molecule has 1 aromatic heterocycles. The summed E-state index contributed by atoms with van der Waals surface area (Å²) in [6.07, 6.45) is 4.92. The van der Waals surface area contributed by atoms with Crippen LogP contribution in [-0.2, 0) is 4.79 Å². The van der Waals surface area contributed by atoms with Gasteiger partial charge in [-0.1, -0.05) is 6.07 Å². The lowest BCUT2D eigenvalue weighted by Gasteiger charge is -2.32. The van der Waals surface area contributed by atoms with E-state index >= 15 is 0 Å². The Morgan fingerprint density at radius 1 is 1.19 bits per heavy atom. The summed E-state index contributed by atoms with van der Waals surface area (Å²) in [5.41, 5.74) is 1.78. The molecule has 1 aliphatic rings. The van der Waals surface area contributed by atoms with Gasteiger partial charge in [0.15, 0.2) is 11.5 Å². The molecule has 0 saturated carbocycles. The average Bonchev–Trinajstić information content (AvgIpc) is 3.17. The van der Waals surface area contributed by atoms with Crippen molar-refractivity contribution in [2.45, 2.75) is 24.9 Å². The van der Waals surface area contributed by atoms with Gasteiger partial charge in [0.1, 0.15) is 6.04 Å². The number of nitrogens with zero attached hydrogens (tertiary/aromatic N) is 2. The summed E-state index contributed by atoms with van der Waals surface area (Å²) in [7, 11) is 4.69. The van der Waals surface area contributed by atoms with Crippen molar-refractivity contribution in [3.05, 3.63) is 47.8 Å². The minimum Gasteiger partial charge on any atom is -0.493 e. The summed E-state index contributed by atoms with van der Waals surface area (Å²) in [6.45, 7) is 0.688. The van der Waals surface area contributed by atoms with Gasteiger partial charge in [-0.2, -0.15) is 0 Å². The molecule has 144 valence electrons. The zero-order valence-corrected chi connectivity index (χ0v) is 15.7. The van der Waals surface area contributed by atoms with Crippen LogP contribution in [0.2, 0.25) is 0 Å². The fourth-order valence-corrected chi connectivity index (χ4v) is 3.74. The highest BCUT2D eigenvalue weighted by atomic mass is 16.5. The number of aromatic nitrogens is 1. The van der Waals surface area contributed by atoms with E-state index in [0.29, 0.717) is 30.2 Å². The molecule has 0 amide bonds. The number of ether oxygens (including phenoxy) is 3. The Balaban J connectivity index is 2.15. The molecule has 1 N–H and O–H groups in total. The lowest BCUT2D eigenvalue weighted by molar-refractivity contribution is -0.142. The molecule has 1 fully saturated rings. The highest BCUT2D eigenvalue weighted by Crippen LogP contribution is 2.43. The van der Waals surface area contributed by atoms with Gasteiger partial charge >= 0.3 is 5.97 Å². The maximum Gasteiger partial charge on any atom is 0.320 e. The second kappa shape index (κ2) is 8.26. The van der Waals surface area contributed by atoms with E-state index in [9.17, 15) is 9.90 Å². The highest BCUT2D eigenvalue weighted by molar-refractivity contribution is 5.74. The van der Waals surface area contributed by atoms with E-state index in [1.807, 2.05) is 29.2 Å². The molecule has 1 aromatic carbocycles. The number of likely N-dealkylation sites (tertiary alicyclic amines) is 1. The normalized spacial score (nSPS) is 18.1. The van der Waals surface area contributed by atoms with Crippen molar-refractivity contribution in [3.8, 4) is 17.2 Å². The molecule has 7 heteroatoms. The minimum atomic E-state index is -0.811. The molecule has 0 radical (unpaired) electrons. The van der Waals surface area contributed by atoms with Gasteiger partial charge in [-0.15, -0.1) is 0 Å². The van der Waals surface area contributed by atoms with E-state index in [1.54, 1.807) is 33.7 Å². The van der Waals surface area contributed by atoms with Gasteiger partial charge in [0.2, 0.25) is 5.75 Å². The van der Waals surface area contributed by atoms with E-state index in [0.717, 1.165) is 17.5 Å². The molecule has 3 rings (SSSR count). The van der Waals surface area contributed by atoms with Crippen molar-refractivity contribution in [2.24, 2.45) is 0 Å². The molecule has 0 bridgehead atoms. The monoisotopic (exact) mass is 372 g/mol. The number of carboxylic acids is 1. The van der Waals surface area contributed by atoms with Crippen LogP contribution in [0.3, 0.4) is 0 Å². The van der Waals surface area contributed by atoms with Crippen molar-refractivity contribution >= 4 is 5.97 Å². The number of rotatable bonds is 7. The van der Waals surface area contributed by atoms with Gasteiger partial charge < -0.3 is 19.3 Å². The summed E-state index contributed by atoms with van der Waals surface area (Å²) in [5, 5.41) is 9.68. The van der Waals surface area contributed by atoms with Crippen LogP contribution in [-0.4, -0.2) is 54.9 Å². The van der Waals surface area contributed by atoms with Crippen molar-refractivity contribution in [1.82, 2.24) is 9.88 Å². The minimum absolute atomic E-state index is 0.281. The van der Waals surface area contributed by atoms with E-state index in [2.05, 4.69) is 4.98 Å². The molecule has 0 spiro atoms. The third-order valence-electron chi connectivity index (χ3n) is 4.91. The molecule has 2 unspecified atom stereocenters. The summed E-state index contributed by atoms with van der Waals surface area (Å²) < 4.78 is 16.4. The molecule has 1 aliphatic heterocycles. The number of carboxylic acid groups (broad SMARTS) is 1. The van der Waals surface area contributed by atoms with Gasteiger partial charge in [0.05, 0.1) is 27.4 Å². The maximum atomic E-state index is 11.8. The van der Waals surface area contributed by atoms with Crippen LogP contribution in [0, 0.1) is 0 Å². The summed E-state index contributed by atoms with van der Waals surface area (Å²) in [5.74, 6) is 0.761. The van der Waals surface area contributed by atoms with E-state index in [-0.39, 0.29) is 6.04 Å². The average molecular weight is 372 g/mol. The van der Waals surface area contributed by atoms with E-state index in [4.69, 9.17) is 14.2 Å². The predicted molar refractivity (Wildman–Crippen MR) is 99.5 cm³/mol. The fourth-order valence-electron chi connectivity index (χ4n) is 3.74. The Kier molecular flexibility index (Phi) is 5.81. The van der Waals surface area contributed by atoms with Gasteiger partial charge in [0.25, 0.3) is 0 Å². The first kappa shape index (κ1) is 19.0. The summed E-state index contributed by atoms with van der Waals surface area (Å²) in [6, 6.07) is 6.72. The van der Waals surface area contributed by atoms with Crippen molar-refractivity contribution < 1.29 is 24.1 Å². The van der Waals surface area contributed by atoms with Crippen LogP contribution >= 0.6 is 0 Å². The number of hydrogen-bond acceptors (Lipinski definition) is 6. The SMILES string of the molecule is COc1cc(C(c2cccnc2)N2CCCC2C(=O)O)cc(OC)c1OC. The first-order valence-electron chi connectivity index (χ1n) is 8.79. The quantitative estimate of drug-likeness (QED) is 0.800. The number of carbonyl (C=O) groups is 1. The zero-order chi connectivity index (χ0) is 19.4. The molecule has 7 nitrogen and oxygen atoms in total. The van der Waals surface area contributed by atoms with Crippen LogP contribution < -0.4 is 14.2 Å². The second-order valence-electron chi connectivity index (χ2n) is 6.38. The number of methoxy groups -OCH3 is 3. The molecule has 1 saturated heterocycles. The Hall–Kier alpha value is -2.80. The van der Waals surface area contributed by atoms with Crippen LogP contribution in [0.15, 0.2) is 36.7 Å². The Morgan fingerprint density at radius 2 is 1.89 bits per heavy atom. The Bertz CT molecular complexity index is 771. The Labute approximate surface area is 158 Å². The molecular weight excluding hydrogens is 348 g/mol. The van der Waals surface area contributed by atoms with Gasteiger partial charge in [-0.25, -0.2) is 0 Å². The lowest BCUT2D eigenvalue weighted by atomic mass is 9.96. The van der Waals surface area contributed by atoms with Crippen molar-refractivity contribution in [3.63, 3.8) is 0 Å². The van der Waals surface area contributed by atoms with Gasteiger partial charge in [-0.3, -0.25) is 14.7 Å². The largest absolute Gasteiger partial charge is 0.493 e. The first-order chi connectivity index (χ1) is 13.1. The molecular formula is C20H24N2O5. The van der Waals surface area contributed by atoms with Gasteiger partial charge in [-0.05, 0) is 42.2 Å². The topological polar surface area (TPSA) is 81.1 Å². The van der Waals surface area contributed by atoms with Crippen molar-refractivity contribution in [2.75, 3.05) is 27.9 Å². The number of pyridine rings is 1. The van der Waals surface area contributed by atoms with E-state index < -0.39 is 12.0 Å². The van der Waals surface area contributed by atoms with E-state index in [1.165, 1.54) is 0 Å². The van der Waals surface area contributed by atoms with Crippen LogP contribution in [0.25, 0.3) is 0 Å². The fraction of sp³-hybridized carbons (Fsp3) is 0.400. The highest BCUT2D eigenvalue weighted by Gasteiger charge is 2.37. The van der Waals surface area contributed by atoms with Crippen LogP contribution in [0.5, 0.6) is 17.2 Å².